The highest BCUT2D eigenvalue weighted by atomic mass is 19.2. The van der Waals surface area contributed by atoms with Gasteiger partial charge in [0.25, 0.3) is 0 Å². The van der Waals surface area contributed by atoms with Gasteiger partial charge in [0.15, 0.2) is 11.6 Å². The van der Waals surface area contributed by atoms with Crippen LogP contribution in [0.3, 0.4) is 0 Å². The van der Waals surface area contributed by atoms with Gasteiger partial charge in [-0.2, -0.15) is 4.39 Å². The first-order chi connectivity index (χ1) is 13.0. The van der Waals surface area contributed by atoms with Gasteiger partial charge in [0, 0.05) is 18.4 Å². The summed E-state index contributed by atoms with van der Waals surface area (Å²) in [6, 6.07) is 16.9. The molecule has 1 heterocycles. The number of hydrogen-bond donors (Lipinski definition) is 0. The lowest BCUT2D eigenvalue weighted by Gasteiger charge is -2.35. The van der Waals surface area contributed by atoms with Crippen molar-refractivity contribution in [1.82, 2.24) is 0 Å². The van der Waals surface area contributed by atoms with Crippen molar-refractivity contribution >= 4 is 11.4 Å². The molecule has 2 nitrogen and oxygen atoms in total. The van der Waals surface area contributed by atoms with Gasteiger partial charge in [-0.3, -0.25) is 0 Å². The van der Waals surface area contributed by atoms with Crippen LogP contribution in [0, 0.1) is 17.5 Å². The van der Waals surface area contributed by atoms with Crippen LogP contribution in [-0.2, 0) is 0 Å². The van der Waals surface area contributed by atoms with E-state index < -0.39 is 29.1 Å². The number of fused-ring (bicyclic) bond motifs is 2. The number of para-hydroxylation sites is 2. The second kappa shape index (κ2) is 6.50. The molecule has 5 heteroatoms. The zero-order valence-electron chi connectivity index (χ0n) is 14.5. The van der Waals surface area contributed by atoms with Crippen LogP contribution in [0.1, 0.15) is 17.0 Å². The van der Waals surface area contributed by atoms with Crippen LogP contribution in [0.5, 0.6) is 5.75 Å². The Morgan fingerprint density at radius 1 is 0.852 bits per heavy atom. The zero-order valence-corrected chi connectivity index (χ0v) is 14.5. The van der Waals surface area contributed by atoms with Crippen molar-refractivity contribution in [1.29, 1.82) is 0 Å². The normalized spacial score (nSPS) is 13.1. The van der Waals surface area contributed by atoms with Crippen LogP contribution < -0.4 is 9.64 Å². The molecule has 0 fully saturated rings. The topological polar surface area (TPSA) is 12.5 Å². The predicted octanol–water partition coefficient (Wildman–Crippen LogP) is 5.91. The number of halogens is 3. The number of benzene rings is 3. The second-order valence-corrected chi connectivity index (χ2v) is 6.35. The predicted molar refractivity (Wildman–Crippen MR) is 98.9 cm³/mol. The molecule has 136 valence electrons. The highest BCUT2D eigenvalue weighted by Gasteiger charge is 2.32. The highest BCUT2D eigenvalue weighted by molar-refractivity contribution is 5.76. The summed E-state index contributed by atoms with van der Waals surface area (Å²) in [7, 11) is 1.95. The molecule has 0 aromatic heterocycles. The Hall–Kier alpha value is -3.21. The summed E-state index contributed by atoms with van der Waals surface area (Å²) in [6.07, 6.45) is 0. The SMILES string of the molecule is C=C(Oc1c(F)ccc(F)c1F)C1c2ccccc2N(C)c2ccccc21. The molecule has 0 N–H and O–H groups in total. The quantitative estimate of drug-likeness (QED) is 0.421. The van der Waals surface area contributed by atoms with Crippen molar-refractivity contribution in [3.05, 3.63) is 102 Å². The first-order valence-electron chi connectivity index (χ1n) is 8.40. The Morgan fingerprint density at radius 2 is 1.37 bits per heavy atom. The number of rotatable bonds is 3. The standard InChI is InChI=1S/C22H16F3NO/c1-13(27-22-17(24)12-11-16(23)21(22)25)20-14-7-3-5-9-18(14)26(2)19-10-6-4-8-15(19)20/h3-12,20H,1H2,2H3. The smallest absolute Gasteiger partial charge is 0.204 e. The molecule has 4 rings (SSSR count). The summed E-state index contributed by atoms with van der Waals surface area (Å²) in [6.45, 7) is 3.91. The average molecular weight is 367 g/mol. The van der Waals surface area contributed by atoms with Crippen LogP contribution in [0.15, 0.2) is 73.0 Å². The summed E-state index contributed by atoms with van der Waals surface area (Å²) in [4.78, 5) is 2.04. The van der Waals surface area contributed by atoms with E-state index in [-0.39, 0.29) is 5.76 Å². The van der Waals surface area contributed by atoms with E-state index in [0.717, 1.165) is 34.6 Å². The zero-order chi connectivity index (χ0) is 19.1. The highest BCUT2D eigenvalue weighted by Crippen LogP contribution is 2.47. The van der Waals surface area contributed by atoms with Gasteiger partial charge in [-0.05, 0) is 35.4 Å². The molecular weight excluding hydrogens is 351 g/mol. The van der Waals surface area contributed by atoms with E-state index in [1.165, 1.54) is 0 Å². The van der Waals surface area contributed by atoms with E-state index in [0.29, 0.717) is 0 Å². The minimum atomic E-state index is -1.37. The van der Waals surface area contributed by atoms with E-state index in [2.05, 4.69) is 6.58 Å². The number of hydrogen-bond acceptors (Lipinski definition) is 2. The number of anilines is 2. The monoisotopic (exact) mass is 367 g/mol. The van der Waals surface area contributed by atoms with Crippen LogP contribution >= 0.6 is 0 Å². The molecule has 0 atom stereocenters. The summed E-state index contributed by atoms with van der Waals surface area (Å²) < 4.78 is 47.1. The van der Waals surface area contributed by atoms with Gasteiger partial charge in [0.05, 0.1) is 5.92 Å². The van der Waals surface area contributed by atoms with Crippen molar-refractivity contribution < 1.29 is 17.9 Å². The van der Waals surface area contributed by atoms with Crippen LogP contribution in [0.25, 0.3) is 0 Å². The Balaban J connectivity index is 1.82. The van der Waals surface area contributed by atoms with Crippen LogP contribution in [0.2, 0.25) is 0 Å². The van der Waals surface area contributed by atoms with Gasteiger partial charge in [-0.25, -0.2) is 8.78 Å². The number of nitrogens with zero attached hydrogens (tertiary/aromatic N) is 1. The van der Waals surface area contributed by atoms with Crippen molar-refractivity contribution in [2.45, 2.75) is 5.92 Å². The Kier molecular flexibility index (Phi) is 4.15. The Labute approximate surface area is 155 Å². The fourth-order valence-electron chi connectivity index (χ4n) is 3.51. The molecule has 0 saturated heterocycles. The minimum absolute atomic E-state index is 0.117. The Morgan fingerprint density at radius 3 is 1.96 bits per heavy atom. The van der Waals surface area contributed by atoms with Gasteiger partial charge >= 0.3 is 0 Å². The first-order valence-corrected chi connectivity index (χ1v) is 8.40. The molecule has 27 heavy (non-hydrogen) atoms. The van der Waals surface area contributed by atoms with E-state index >= 15 is 0 Å². The van der Waals surface area contributed by atoms with E-state index in [4.69, 9.17) is 4.74 Å². The molecule has 3 aromatic rings. The molecule has 0 saturated carbocycles. The van der Waals surface area contributed by atoms with E-state index in [1.54, 1.807) is 0 Å². The maximum absolute atomic E-state index is 14.1. The summed E-state index contributed by atoms with van der Waals surface area (Å²) in [5.74, 6) is -4.64. The van der Waals surface area contributed by atoms with Crippen molar-refractivity contribution in [3.8, 4) is 5.75 Å². The third-order valence-corrected chi connectivity index (χ3v) is 4.78. The summed E-state index contributed by atoms with van der Waals surface area (Å²) in [5, 5.41) is 0. The summed E-state index contributed by atoms with van der Waals surface area (Å²) >= 11 is 0. The first kappa shape index (κ1) is 17.2. The van der Waals surface area contributed by atoms with Gasteiger partial charge < -0.3 is 9.64 Å². The lowest BCUT2D eigenvalue weighted by Crippen LogP contribution is -2.23. The van der Waals surface area contributed by atoms with Gasteiger partial charge in [-0.15, -0.1) is 0 Å². The molecule has 0 spiro atoms. The molecule has 1 aliphatic heterocycles. The van der Waals surface area contributed by atoms with Gasteiger partial charge in [-0.1, -0.05) is 43.0 Å². The van der Waals surface area contributed by atoms with E-state index in [1.807, 2.05) is 60.5 Å². The molecule has 1 aliphatic rings. The fraction of sp³-hybridized carbons (Fsp3) is 0.0909. The van der Waals surface area contributed by atoms with E-state index in [9.17, 15) is 13.2 Å². The average Bonchev–Trinajstić information content (AvgIpc) is 2.68. The lowest BCUT2D eigenvalue weighted by atomic mass is 9.84. The molecule has 0 bridgehead atoms. The second-order valence-electron chi connectivity index (χ2n) is 6.35. The van der Waals surface area contributed by atoms with Crippen LogP contribution in [-0.4, -0.2) is 7.05 Å². The van der Waals surface area contributed by atoms with Gasteiger partial charge in [0.1, 0.15) is 5.76 Å². The molecule has 3 aromatic carbocycles. The van der Waals surface area contributed by atoms with Crippen molar-refractivity contribution in [2.75, 3.05) is 11.9 Å². The third-order valence-electron chi connectivity index (χ3n) is 4.78. The lowest BCUT2D eigenvalue weighted by molar-refractivity contribution is 0.340. The molecular formula is C22H16F3NO. The van der Waals surface area contributed by atoms with Crippen molar-refractivity contribution in [3.63, 3.8) is 0 Å². The number of allylic oxidation sites excluding steroid dienone is 1. The van der Waals surface area contributed by atoms with Gasteiger partial charge in [0.2, 0.25) is 11.6 Å². The maximum Gasteiger partial charge on any atom is 0.204 e. The molecule has 0 amide bonds. The minimum Gasteiger partial charge on any atom is -0.455 e. The molecule has 0 aliphatic carbocycles. The fourth-order valence-corrected chi connectivity index (χ4v) is 3.51. The maximum atomic E-state index is 14.1. The largest absolute Gasteiger partial charge is 0.455 e. The Bertz CT molecular complexity index is 1000. The molecule has 0 radical (unpaired) electrons. The number of ether oxygens (including phenoxy) is 1. The summed E-state index contributed by atoms with van der Waals surface area (Å²) in [5.41, 5.74) is 3.65. The molecule has 0 unspecified atom stereocenters. The van der Waals surface area contributed by atoms with Crippen molar-refractivity contribution in [2.24, 2.45) is 0 Å². The van der Waals surface area contributed by atoms with Crippen LogP contribution in [0.4, 0.5) is 24.5 Å². The third kappa shape index (κ3) is 2.76.